The van der Waals surface area contributed by atoms with Crippen molar-refractivity contribution in [2.45, 2.75) is 37.8 Å². The summed E-state index contributed by atoms with van der Waals surface area (Å²) in [6.45, 7) is 0. The van der Waals surface area contributed by atoms with Crippen molar-refractivity contribution in [3.05, 3.63) is 30.0 Å². The van der Waals surface area contributed by atoms with E-state index in [1.54, 1.807) is 7.11 Å². The Bertz CT molecular complexity index is 755. The second-order valence-electron chi connectivity index (χ2n) is 7.32. The zero-order chi connectivity index (χ0) is 16.8. The second-order valence-corrected chi connectivity index (χ2v) is 7.32. The standard InChI is InChI=1S/C19H24N2O3/c1-21(14-5-11-7-15(22)8-12(11)6-14)19(23)18-10-13-9-16(24-2)3-4-17(13)20-18/h3-4,9-12,14-15,20,22H,5-8H2,1-2H3/t11-,12+,14?,15?. The van der Waals surface area contributed by atoms with Crippen LogP contribution in [0.2, 0.25) is 0 Å². The molecule has 5 heteroatoms. The lowest BCUT2D eigenvalue weighted by Crippen LogP contribution is -2.36. The molecule has 2 fully saturated rings. The molecule has 2 N–H and O–H groups in total. The van der Waals surface area contributed by atoms with Gasteiger partial charge in [0.15, 0.2) is 0 Å². The second kappa shape index (κ2) is 5.81. The van der Waals surface area contributed by atoms with Crippen LogP contribution in [0.1, 0.15) is 36.2 Å². The maximum Gasteiger partial charge on any atom is 0.270 e. The minimum atomic E-state index is -0.134. The van der Waals surface area contributed by atoms with E-state index in [0.717, 1.165) is 42.3 Å². The normalized spacial score (nSPS) is 29.0. The topological polar surface area (TPSA) is 65.6 Å². The number of hydrogen-bond acceptors (Lipinski definition) is 3. The number of ether oxygens (including phenoxy) is 1. The summed E-state index contributed by atoms with van der Waals surface area (Å²) in [6, 6.07) is 7.94. The molecule has 0 saturated heterocycles. The molecule has 5 nitrogen and oxygen atoms in total. The molecule has 0 aliphatic heterocycles. The first-order chi connectivity index (χ1) is 11.5. The predicted octanol–water partition coefficient (Wildman–Crippen LogP) is 2.80. The summed E-state index contributed by atoms with van der Waals surface area (Å²) in [5.74, 6) is 1.98. The number of benzene rings is 1. The van der Waals surface area contributed by atoms with Crippen LogP contribution in [-0.4, -0.2) is 47.2 Å². The van der Waals surface area contributed by atoms with E-state index in [1.165, 1.54) is 0 Å². The Kier molecular flexibility index (Phi) is 3.76. The molecule has 0 spiro atoms. The molecule has 2 saturated carbocycles. The fourth-order valence-corrected chi connectivity index (χ4v) is 4.58. The molecular weight excluding hydrogens is 304 g/mol. The van der Waals surface area contributed by atoms with Gasteiger partial charge in [0.1, 0.15) is 11.4 Å². The fourth-order valence-electron chi connectivity index (χ4n) is 4.58. The van der Waals surface area contributed by atoms with Crippen LogP contribution in [0, 0.1) is 11.8 Å². The molecule has 0 radical (unpaired) electrons. The highest BCUT2D eigenvalue weighted by atomic mass is 16.5. The highest BCUT2D eigenvalue weighted by molar-refractivity contribution is 5.98. The van der Waals surface area contributed by atoms with Crippen molar-refractivity contribution in [2.24, 2.45) is 11.8 Å². The smallest absolute Gasteiger partial charge is 0.270 e. The van der Waals surface area contributed by atoms with Crippen molar-refractivity contribution in [3.63, 3.8) is 0 Å². The van der Waals surface area contributed by atoms with Crippen LogP contribution in [0.25, 0.3) is 10.9 Å². The van der Waals surface area contributed by atoms with Gasteiger partial charge in [0.25, 0.3) is 5.91 Å². The third kappa shape index (κ3) is 2.57. The number of nitrogens with one attached hydrogen (secondary N) is 1. The summed E-state index contributed by atoms with van der Waals surface area (Å²) < 4.78 is 5.24. The van der Waals surface area contributed by atoms with Gasteiger partial charge in [-0.1, -0.05) is 0 Å². The quantitative estimate of drug-likeness (QED) is 0.910. The number of hydrogen-bond donors (Lipinski definition) is 2. The van der Waals surface area contributed by atoms with Gasteiger partial charge in [-0.2, -0.15) is 0 Å². The number of carbonyl (C=O) groups is 1. The summed E-state index contributed by atoms with van der Waals surface area (Å²) in [5.41, 5.74) is 1.57. The molecule has 4 atom stereocenters. The van der Waals surface area contributed by atoms with Gasteiger partial charge >= 0.3 is 0 Å². The van der Waals surface area contributed by atoms with Crippen LogP contribution < -0.4 is 4.74 Å². The maximum absolute atomic E-state index is 12.9. The Hall–Kier alpha value is -2.01. The van der Waals surface area contributed by atoms with E-state index < -0.39 is 0 Å². The largest absolute Gasteiger partial charge is 0.497 e. The van der Waals surface area contributed by atoms with Gasteiger partial charge in [-0.15, -0.1) is 0 Å². The van der Waals surface area contributed by atoms with Gasteiger partial charge in [0.05, 0.1) is 13.2 Å². The molecule has 2 aliphatic rings. The fraction of sp³-hybridized carbons (Fsp3) is 0.526. The van der Waals surface area contributed by atoms with Gasteiger partial charge in [-0.3, -0.25) is 4.79 Å². The average Bonchev–Trinajstić information content (AvgIpc) is 3.24. The van der Waals surface area contributed by atoms with E-state index in [9.17, 15) is 9.90 Å². The van der Waals surface area contributed by atoms with Crippen LogP contribution in [-0.2, 0) is 0 Å². The number of carbonyl (C=O) groups excluding carboxylic acids is 1. The van der Waals surface area contributed by atoms with Gasteiger partial charge in [0.2, 0.25) is 0 Å². The zero-order valence-corrected chi connectivity index (χ0v) is 14.2. The average molecular weight is 328 g/mol. The Morgan fingerprint density at radius 1 is 1.21 bits per heavy atom. The lowest BCUT2D eigenvalue weighted by Gasteiger charge is -2.25. The van der Waals surface area contributed by atoms with Gasteiger partial charge < -0.3 is 19.7 Å². The number of methoxy groups -OCH3 is 1. The molecule has 128 valence electrons. The van der Waals surface area contributed by atoms with Crippen LogP contribution in [0.3, 0.4) is 0 Å². The predicted molar refractivity (Wildman–Crippen MR) is 92.2 cm³/mol. The van der Waals surface area contributed by atoms with Crippen LogP contribution in [0.5, 0.6) is 5.75 Å². The van der Waals surface area contributed by atoms with E-state index in [1.807, 2.05) is 36.2 Å². The van der Waals surface area contributed by atoms with Crippen molar-refractivity contribution in [2.75, 3.05) is 14.2 Å². The van der Waals surface area contributed by atoms with E-state index in [4.69, 9.17) is 4.74 Å². The molecule has 2 aliphatic carbocycles. The minimum absolute atomic E-state index is 0.0377. The molecule has 2 aromatic rings. The molecule has 1 heterocycles. The summed E-state index contributed by atoms with van der Waals surface area (Å²) in [5, 5.41) is 10.8. The van der Waals surface area contributed by atoms with Crippen molar-refractivity contribution >= 4 is 16.8 Å². The molecule has 0 bridgehead atoms. The summed E-state index contributed by atoms with van der Waals surface area (Å²) in [7, 11) is 3.54. The SMILES string of the molecule is COc1ccc2[nH]c(C(=O)N(C)C3C[C@H]4CC(O)C[C@H]4C3)cc2c1. The third-order valence-corrected chi connectivity index (χ3v) is 5.89. The number of aromatic amines is 1. The number of aliphatic hydroxyl groups excluding tert-OH is 1. The highest BCUT2D eigenvalue weighted by Gasteiger charge is 2.43. The molecular formula is C19H24N2O3. The Morgan fingerprint density at radius 2 is 1.92 bits per heavy atom. The van der Waals surface area contributed by atoms with Crippen LogP contribution >= 0.6 is 0 Å². The Labute approximate surface area is 141 Å². The van der Waals surface area contributed by atoms with E-state index >= 15 is 0 Å². The van der Waals surface area contributed by atoms with E-state index in [2.05, 4.69) is 4.98 Å². The molecule has 24 heavy (non-hydrogen) atoms. The Balaban J connectivity index is 1.51. The number of nitrogens with zero attached hydrogens (tertiary/aromatic N) is 1. The summed E-state index contributed by atoms with van der Waals surface area (Å²) in [6.07, 6.45) is 3.69. The number of aromatic nitrogens is 1. The first-order valence-electron chi connectivity index (χ1n) is 8.67. The first kappa shape index (κ1) is 15.5. The van der Waals surface area contributed by atoms with Gasteiger partial charge in [-0.25, -0.2) is 0 Å². The molecule has 4 rings (SSSR count). The van der Waals surface area contributed by atoms with Crippen LogP contribution in [0.15, 0.2) is 24.3 Å². The first-order valence-corrected chi connectivity index (χ1v) is 8.67. The lowest BCUT2D eigenvalue weighted by molar-refractivity contribution is 0.0717. The number of H-pyrrole nitrogens is 1. The summed E-state index contributed by atoms with van der Waals surface area (Å²) in [4.78, 5) is 18.0. The van der Waals surface area contributed by atoms with Crippen LogP contribution in [0.4, 0.5) is 0 Å². The third-order valence-electron chi connectivity index (χ3n) is 5.89. The number of fused-ring (bicyclic) bond motifs is 2. The number of rotatable bonds is 3. The molecule has 2 unspecified atom stereocenters. The summed E-state index contributed by atoms with van der Waals surface area (Å²) >= 11 is 0. The Morgan fingerprint density at radius 3 is 2.58 bits per heavy atom. The van der Waals surface area contributed by atoms with Crippen molar-refractivity contribution < 1.29 is 14.6 Å². The monoisotopic (exact) mass is 328 g/mol. The minimum Gasteiger partial charge on any atom is -0.497 e. The van der Waals surface area contributed by atoms with Crippen molar-refractivity contribution in [3.8, 4) is 5.75 Å². The maximum atomic E-state index is 12.9. The van der Waals surface area contributed by atoms with E-state index in [0.29, 0.717) is 17.5 Å². The highest BCUT2D eigenvalue weighted by Crippen LogP contribution is 2.45. The number of amides is 1. The molecule has 1 amide bonds. The zero-order valence-electron chi connectivity index (χ0n) is 14.2. The van der Waals surface area contributed by atoms with Gasteiger partial charge in [0, 0.05) is 24.0 Å². The van der Waals surface area contributed by atoms with Crippen molar-refractivity contribution in [1.82, 2.24) is 9.88 Å². The van der Waals surface area contributed by atoms with E-state index in [-0.39, 0.29) is 18.1 Å². The molecule has 1 aromatic heterocycles. The lowest BCUT2D eigenvalue weighted by atomic mass is 10.0. The number of aliphatic hydroxyl groups is 1. The van der Waals surface area contributed by atoms with Gasteiger partial charge in [-0.05, 0) is 61.8 Å². The van der Waals surface area contributed by atoms with Crippen molar-refractivity contribution in [1.29, 1.82) is 0 Å². The molecule has 1 aromatic carbocycles.